The second-order valence-corrected chi connectivity index (χ2v) is 9.04. The Kier molecular flexibility index (Phi) is 4.97. The van der Waals surface area contributed by atoms with E-state index in [4.69, 9.17) is 0 Å². The molecule has 0 N–H and O–H groups in total. The second-order valence-electron chi connectivity index (χ2n) is 7.06. The molecule has 1 amide bonds. The minimum atomic E-state index is -3.22. The zero-order valence-corrected chi connectivity index (χ0v) is 15.3. The molecular weight excluding hydrogens is 324 g/mol. The van der Waals surface area contributed by atoms with Crippen LogP contribution < -0.4 is 0 Å². The summed E-state index contributed by atoms with van der Waals surface area (Å²) in [5.74, 6) is -0.0917. The molecule has 0 spiro atoms. The Morgan fingerprint density at radius 3 is 2.42 bits per heavy atom. The van der Waals surface area contributed by atoms with Crippen LogP contribution in [0.4, 0.5) is 0 Å². The van der Waals surface area contributed by atoms with Gasteiger partial charge in [0.05, 0.1) is 18.2 Å². The number of piperidine rings is 1. The van der Waals surface area contributed by atoms with Gasteiger partial charge in [0.25, 0.3) is 0 Å². The molecule has 0 saturated carbocycles. The van der Waals surface area contributed by atoms with Crippen LogP contribution in [-0.2, 0) is 14.8 Å². The van der Waals surface area contributed by atoms with Crippen molar-refractivity contribution in [3.8, 4) is 0 Å². The van der Waals surface area contributed by atoms with Crippen molar-refractivity contribution in [2.45, 2.75) is 38.6 Å². The van der Waals surface area contributed by atoms with Crippen LogP contribution in [-0.4, -0.2) is 49.4 Å². The summed E-state index contributed by atoms with van der Waals surface area (Å²) in [7, 11) is -3.22. The van der Waals surface area contributed by atoms with Crippen LogP contribution in [0, 0.1) is 12.8 Å². The molecule has 2 aliphatic heterocycles. The number of benzene rings is 1. The number of carbonyl (C=O) groups is 1. The fraction of sp³-hybridized carbons (Fsp3) is 0.611. The van der Waals surface area contributed by atoms with Crippen LogP contribution >= 0.6 is 0 Å². The lowest BCUT2D eigenvalue weighted by Crippen LogP contribution is -2.46. The maximum atomic E-state index is 13.0. The maximum absolute atomic E-state index is 13.0. The van der Waals surface area contributed by atoms with Gasteiger partial charge in [-0.25, -0.2) is 12.7 Å². The molecule has 2 aliphatic rings. The van der Waals surface area contributed by atoms with Gasteiger partial charge in [0.1, 0.15) is 0 Å². The average Bonchev–Trinajstić information content (AvgIpc) is 3.04. The molecule has 1 aromatic rings. The molecule has 2 fully saturated rings. The van der Waals surface area contributed by atoms with E-state index in [2.05, 4.69) is 31.2 Å². The van der Waals surface area contributed by atoms with E-state index in [0.29, 0.717) is 13.1 Å². The number of aryl methyl sites for hydroxylation is 1. The first-order valence-corrected chi connectivity index (χ1v) is 10.5. The normalized spacial score (nSPS) is 25.8. The standard InChI is InChI=1S/C18H26N2O3S/c1-14-7-9-15(10-8-14)17-6-4-12-20(17)18(21)16-5-3-11-19(13-16)24(2,22)23/h7-10,16-17H,3-6,11-13H2,1-2H3. The molecule has 2 heterocycles. The predicted molar refractivity (Wildman–Crippen MR) is 94.0 cm³/mol. The van der Waals surface area contributed by atoms with E-state index in [9.17, 15) is 13.2 Å². The largest absolute Gasteiger partial charge is 0.335 e. The summed E-state index contributed by atoms with van der Waals surface area (Å²) < 4.78 is 25.0. The van der Waals surface area contributed by atoms with Crippen molar-refractivity contribution in [3.63, 3.8) is 0 Å². The number of likely N-dealkylation sites (tertiary alicyclic amines) is 1. The summed E-state index contributed by atoms with van der Waals surface area (Å²) in [6.07, 6.45) is 4.75. The van der Waals surface area contributed by atoms with Crippen LogP contribution in [0.2, 0.25) is 0 Å². The summed E-state index contributed by atoms with van der Waals surface area (Å²) in [4.78, 5) is 15.0. The molecule has 1 aromatic carbocycles. The van der Waals surface area contributed by atoms with Gasteiger partial charge in [0, 0.05) is 19.6 Å². The molecular formula is C18H26N2O3S. The van der Waals surface area contributed by atoms with E-state index >= 15 is 0 Å². The third kappa shape index (κ3) is 3.64. The number of carbonyl (C=O) groups excluding carboxylic acids is 1. The van der Waals surface area contributed by atoms with Crippen molar-refractivity contribution in [1.29, 1.82) is 0 Å². The highest BCUT2D eigenvalue weighted by atomic mass is 32.2. The summed E-state index contributed by atoms with van der Waals surface area (Å²) >= 11 is 0. The van der Waals surface area contributed by atoms with E-state index in [1.54, 1.807) is 0 Å². The fourth-order valence-corrected chi connectivity index (χ4v) is 4.76. The van der Waals surface area contributed by atoms with Crippen LogP contribution in [0.1, 0.15) is 42.9 Å². The monoisotopic (exact) mass is 350 g/mol. The third-order valence-electron chi connectivity index (χ3n) is 5.20. The predicted octanol–water partition coefficient (Wildman–Crippen LogP) is 2.33. The summed E-state index contributed by atoms with van der Waals surface area (Å²) in [6.45, 7) is 3.69. The number of hydrogen-bond donors (Lipinski definition) is 0. The van der Waals surface area contributed by atoms with Crippen molar-refractivity contribution in [3.05, 3.63) is 35.4 Å². The SMILES string of the molecule is Cc1ccc(C2CCCN2C(=O)C2CCCN(S(C)(=O)=O)C2)cc1. The molecule has 6 heteroatoms. The molecule has 0 bridgehead atoms. The molecule has 5 nitrogen and oxygen atoms in total. The number of hydrogen-bond acceptors (Lipinski definition) is 3. The molecule has 3 rings (SSSR count). The first-order chi connectivity index (χ1) is 11.4. The molecule has 132 valence electrons. The van der Waals surface area contributed by atoms with E-state index in [1.807, 2.05) is 4.90 Å². The van der Waals surface area contributed by atoms with Gasteiger partial charge in [-0.15, -0.1) is 0 Å². The van der Waals surface area contributed by atoms with Gasteiger partial charge in [-0.05, 0) is 38.2 Å². The summed E-state index contributed by atoms with van der Waals surface area (Å²) in [6, 6.07) is 8.52. The quantitative estimate of drug-likeness (QED) is 0.841. The minimum absolute atomic E-state index is 0.117. The first-order valence-electron chi connectivity index (χ1n) is 8.68. The smallest absolute Gasteiger partial charge is 0.227 e. The number of amides is 1. The molecule has 24 heavy (non-hydrogen) atoms. The molecule has 2 unspecified atom stereocenters. The maximum Gasteiger partial charge on any atom is 0.227 e. The zero-order valence-electron chi connectivity index (χ0n) is 14.4. The Balaban J connectivity index is 1.74. The Labute approximate surface area is 144 Å². The lowest BCUT2D eigenvalue weighted by Gasteiger charge is -2.34. The van der Waals surface area contributed by atoms with E-state index in [0.717, 1.165) is 32.2 Å². The van der Waals surface area contributed by atoms with Gasteiger partial charge in [0.2, 0.25) is 15.9 Å². The van der Waals surface area contributed by atoms with Gasteiger partial charge in [0.15, 0.2) is 0 Å². The van der Waals surface area contributed by atoms with E-state index in [1.165, 1.54) is 21.7 Å². The van der Waals surface area contributed by atoms with Gasteiger partial charge in [-0.1, -0.05) is 29.8 Å². The van der Waals surface area contributed by atoms with Crippen LogP contribution in [0.5, 0.6) is 0 Å². The van der Waals surface area contributed by atoms with E-state index in [-0.39, 0.29) is 17.9 Å². The minimum Gasteiger partial charge on any atom is -0.335 e. The van der Waals surface area contributed by atoms with Crippen LogP contribution in [0.3, 0.4) is 0 Å². The highest BCUT2D eigenvalue weighted by molar-refractivity contribution is 7.88. The lowest BCUT2D eigenvalue weighted by molar-refractivity contribution is -0.137. The Morgan fingerprint density at radius 1 is 1.08 bits per heavy atom. The molecule has 0 aliphatic carbocycles. The number of sulfonamides is 1. The number of rotatable bonds is 3. The van der Waals surface area contributed by atoms with Gasteiger partial charge < -0.3 is 4.90 Å². The Bertz CT molecular complexity index is 699. The van der Waals surface area contributed by atoms with Gasteiger partial charge in [-0.2, -0.15) is 0 Å². The van der Waals surface area contributed by atoms with Crippen molar-refractivity contribution in [2.24, 2.45) is 5.92 Å². The second kappa shape index (κ2) is 6.84. The Morgan fingerprint density at radius 2 is 1.75 bits per heavy atom. The summed E-state index contributed by atoms with van der Waals surface area (Å²) in [5.41, 5.74) is 2.40. The van der Waals surface area contributed by atoms with E-state index < -0.39 is 10.0 Å². The summed E-state index contributed by atoms with van der Waals surface area (Å²) in [5, 5.41) is 0. The average molecular weight is 350 g/mol. The Hall–Kier alpha value is -1.40. The van der Waals surface area contributed by atoms with Gasteiger partial charge >= 0.3 is 0 Å². The highest BCUT2D eigenvalue weighted by Gasteiger charge is 2.37. The topological polar surface area (TPSA) is 57.7 Å². The van der Waals surface area contributed by atoms with Crippen molar-refractivity contribution in [1.82, 2.24) is 9.21 Å². The molecule has 0 aromatic heterocycles. The van der Waals surface area contributed by atoms with Gasteiger partial charge in [-0.3, -0.25) is 4.79 Å². The molecule has 2 saturated heterocycles. The lowest BCUT2D eigenvalue weighted by atomic mass is 9.96. The first kappa shape index (κ1) is 17.4. The molecule has 2 atom stereocenters. The molecule has 0 radical (unpaired) electrons. The highest BCUT2D eigenvalue weighted by Crippen LogP contribution is 2.34. The van der Waals surface area contributed by atoms with Crippen molar-refractivity contribution < 1.29 is 13.2 Å². The zero-order chi connectivity index (χ0) is 17.3. The third-order valence-corrected chi connectivity index (χ3v) is 6.47. The number of nitrogens with zero attached hydrogens (tertiary/aromatic N) is 2. The van der Waals surface area contributed by atoms with Crippen LogP contribution in [0.25, 0.3) is 0 Å². The van der Waals surface area contributed by atoms with Crippen molar-refractivity contribution >= 4 is 15.9 Å². The fourth-order valence-electron chi connectivity index (χ4n) is 3.85. The van der Waals surface area contributed by atoms with Crippen molar-refractivity contribution in [2.75, 3.05) is 25.9 Å². The van der Waals surface area contributed by atoms with Crippen LogP contribution in [0.15, 0.2) is 24.3 Å².